The maximum Gasteiger partial charge on any atom is 0.226 e. The minimum Gasteiger partial charge on any atom is -0.493 e. The molecule has 1 aromatic rings. The molecule has 1 aliphatic rings. The number of hydrogen-bond donors (Lipinski definition) is 1. The van der Waals surface area contributed by atoms with E-state index in [1.54, 1.807) is 4.90 Å². The van der Waals surface area contributed by atoms with E-state index in [9.17, 15) is 9.90 Å². The molecule has 0 aromatic heterocycles. The molecule has 1 amide bonds. The zero-order valence-corrected chi connectivity index (χ0v) is 11.6. The molecule has 0 radical (unpaired) electrons. The maximum atomic E-state index is 11.8. The van der Waals surface area contributed by atoms with Crippen molar-refractivity contribution in [2.24, 2.45) is 0 Å². The Morgan fingerprint density at radius 3 is 2.63 bits per heavy atom. The largest absolute Gasteiger partial charge is 0.493 e. The second-order valence-corrected chi connectivity index (χ2v) is 5.20. The van der Waals surface area contributed by atoms with E-state index in [0.29, 0.717) is 32.5 Å². The average Bonchev–Trinajstić information content (AvgIpc) is 2.74. The van der Waals surface area contributed by atoms with E-state index in [1.807, 2.05) is 26.0 Å². The van der Waals surface area contributed by atoms with Gasteiger partial charge in [-0.1, -0.05) is 6.07 Å². The van der Waals surface area contributed by atoms with Crippen LogP contribution in [-0.4, -0.2) is 41.7 Å². The molecular formula is C15H21NO3. The third-order valence-corrected chi connectivity index (χ3v) is 3.30. The van der Waals surface area contributed by atoms with Crippen LogP contribution in [0, 0.1) is 13.8 Å². The molecule has 4 nitrogen and oxygen atoms in total. The van der Waals surface area contributed by atoms with Crippen LogP contribution in [0.2, 0.25) is 0 Å². The second kappa shape index (κ2) is 6.06. The molecule has 19 heavy (non-hydrogen) atoms. The van der Waals surface area contributed by atoms with Gasteiger partial charge in [0.05, 0.1) is 19.1 Å². The van der Waals surface area contributed by atoms with Crippen LogP contribution in [0.15, 0.2) is 18.2 Å². The molecule has 1 atom stereocenters. The molecule has 2 rings (SSSR count). The van der Waals surface area contributed by atoms with Gasteiger partial charge in [-0.3, -0.25) is 4.79 Å². The van der Waals surface area contributed by atoms with Crippen molar-refractivity contribution in [2.75, 3.05) is 19.7 Å². The normalized spacial score (nSPS) is 18.7. The minimum absolute atomic E-state index is 0.0564. The third-order valence-electron chi connectivity index (χ3n) is 3.30. The topological polar surface area (TPSA) is 49.8 Å². The molecule has 1 saturated heterocycles. The van der Waals surface area contributed by atoms with Gasteiger partial charge in [-0.25, -0.2) is 0 Å². The van der Waals surface area contributed by atoms with Crippen LogP contribution in [0.1, 0.15) is 24.0 Å². The number of ether oxygens (including phenoxy) is 1. The molecule has 1 fully saturated rings. The summed E-state index contributed by atoms with van der Waals surface area (Å²) in [4.78, 5) is 13.6. The summed E-state index contributed by atoms with van der Waals surface area (Å²) in [6.07, 6.45) is 0.688. The van der Waals surface area contributed by atoms with Crippen LogP contribution < -0.4 is 4.74 Å². The lowest BCUT2D eigenvalue weighted by atomic mass is 10.1. The zero-order valence-electron chi connectivity index (χ0n) is 11.6. The van der Waals surface area contributed by atoms with Crippen molar-refractivity contribution in [2.45, 2.75) is 32.8 Å². The number of aliphatic hydroxyl groups is 1. The first kappa shape index (κ1) is 13.9. The molecule has 0 unspecified atom stereocenters. The minimum atomic E-state index is -0.357. The van der Waals surface area contributed by atoms with Crippen LogP contribution in [0.25, 0.3) is 0 Å². The fourth-order valence-electron chi connectivity index (χ4n) is 2.40. The molecule has 0 spiro atoms. The molecule has 4 heteroatoms. The summed E-state index contributed by atoms with van der Waals surface area (Å²) in [7, 11) is 0. The number of nitrogens with zero attached hydrogens (tertiary/aromatic N) is 1. The maximum absolute atomic E-state index is 11.8. The van der Waals surface area contributed by atoms with Crippen LogP contribution in [0.5, 0.6) is 5.75 Å². The van der Waals surface area contributed by atoms with Crippen molar-refractivity contribution in [1.82, 2.24) is 4.90 Å². The Kier molecular flexibility index (Phi) is 4.43. The highest BCUT2D eigenvalue weighted by Gasteiger charge is 2.23. The highest BCUT2D eigenvalue weighted by atomic mass is 16.5. The summed E-state index contributed by atoms with van der Waals surface area (Å²) < 4.78 is 5.61. The summed E-state index contributed by atoms with van der Waals surface area (Å²) in [5.74, 6) is 0.868. The molecule has 1 heterocycles. The number of hydrogen-bond acceptors (Lipinski definition) is 3. The van der Waals surface area contributed by atoms with Crippen LogP contribution in [0.4, 0.5) is 0 Å². The molecular weight excluding hydrogens is 242 g/mol. The van der Waals surface area contributed by atoms with Gasteiger partial charge in [-0.05, 0) is 43.5 Å². The molecule has 0 saturated carbocycles. The molecule has 104 valence electrons. The van der Waals surface area contributed by atoms with Gasteiger partial charge in [0.2, 0.25) is 5.91 Å². The van der Waals surface area contributed by atoms with Gasteiger partial charge in [0.1, 0.15) is 5.75 Å². The number of likely N-dealkylation sites (tertiary alicyclic amines) is 1. The van der Waals surface area contributed by atoms with Crippen molar-refractivity contribution in [3.63, 3.8) is 0 Å². The Morgan fingerprint density at radius 2 is 2.05 bits per heavy atom. The quantitative estimate of drug-likeness (QED) is 0.899. The lowest BCUT2D eigenvalue weighted by Gasteiger charge is -2.15. The number of benzene rings is 1. The number of carbonyl (C=O) groups is 1. The standard InChI is InChI=1S/C15H21NO3/c1-11-7-12(2)9-14(8-11)19-6-4-15(18)16-5-3-13(17)10-16/h7-9,13,17H,3-6,10H2,1-2H3/t13-/m0/s1. The zero-order chi connectivity index (χ0) is 13.8. The summed E-state index contributed by atoms with van der Waals surface area (Å²) in [5, 5.41) is 9.39. The third kappa shape index (κ3) is 3.96. The van der Waals surface area contributed by atoms with Crippen molar-refractivity contribution >= 4 is 5.91 Å². The Labute approximate surface area is 114 Å². The van der Waals surface area contributed by atoms with Crippen LogP contribution in [0.3, 0.4) is 0 Å². The van der Waals surface area contributed by atoms with Gasteiger partial charge in [-0.15, -0.1) is 0 Å². The molecule has 1 N–H and O–H groups in total. The Balaban J connectivity index is 1.78. The molecule has 0 aliphatic carbocycles. The number of rotatable bonds is 4. The highest BCUT2D eigenvalue weighted by Crippen LogP contribution is 2.17. The van der Waals surface area contributed by atoms with Gasteiger partial charge in [0.25, 0.3) is 0 Å². The Morgan fingerprint density at radius 1 is 1.37 bits per heavy atom. The van der Waals surface area contributed by atoms with E-state index in [4.69, 9.17) is 4.74 Å². The Hall–Kier alpha value is -1.55. The lowest BCUT2D eigenvalue weighted by Crippen LogP contribution is -2.30. The molecule has 1 aromatic carbocycles. The SMILES string of the molecule is Cc1cc(C)cc(OCCC(=O)N2CC[C@H](O)C2)c1. The van der Waals surface area contributed by atoms with E-state index in [0.717, 1.165) is 16.9 Å². The van der Waals surface area contributed by atoms with Crippen molar-refractivity contribution in [3.8, 4) is 5.75 Å². The Bertz CT molecular complexity index is 438. The summed E-state index contributed by atoms with van der Waals surface area (Å²) in [6, 6.07) is 6.03. The van der Waals surface area contributed by atoms with E-state index in [1.165, 1.54) is 0 Å². The molecule has 1 aliphatic heterocycles. The fourth-order valence-corrected chi connectivity index (χ4v) is 2.40. The van der Waals surface area contributed by atoms with E-state index in [-0.39, 0.29) is 12.0 Å². The van der Waals surface area contributed by atoms with E-state index < -0.39 is 0 Å². The number of β-amino-alcohol motifs (C(OH)–C–C–N with tert-alkyl or cyclic N) is 1. The molecule has 0 bridgehead atoms. The summed E-state index contributed by atoms with van der Waals surface area (Å²) in [5.41, 5.74) is 2.31. The van der Waals surface area contributed by atoms with Crippen LogP contribution >= 0.6 is 0 Å². The van der Waals surface area contributed by atoms with Crippen molar-refractivity contribution < 1.29 is 14.6 Å². The number of amides is 1. The fraction of sp³-hybridized carbons (Fsp3) is 0.533. The number of carbonyl (C=O) groups excluding carboxylic acids is 1. The van der Waals surface area contributed by atoms with Crippen LogP contribution in [-0.2, 0) is 4.79 Å². The number of aryl methyl sites for hydroxylation is 2. The van der Waals surface area contributed by atoms with Crippen molar-refractivity contribution in [3.05, 3.63) is 29.3 Å². The lowest BCUT2D eigenvalue weighted by molar-refractivity contribution is -0.131. The van der Waals surface area contributed by atoms with E-state index >= 15 is 0 Å². The predicted molar refractivity (Wildman–Crippen MR) is 73.2 cm³/mol. The van der Waals surface area contributed by atoms with Gasteiger partial charge < -0.3 is 14.7 Å². The smallest absolute Gasteiger partial charge is 0.226 e. The summed E-state index contributed by atoms with van der Waals surface area (Å²) in [6.45, 7) is 5.55. The summed E-state index contributed by atoms with van der Waals surface area (Å²) >= 11 is 0. The highest BCUT2D eigenvalue weighted by molar-refractivity contribution is 5.76. The average molecular weight is 263 g/mol. The van der Waals surface area contributed by atoms with Gasteiger partial charge in [0.15, 0.2) is 0 Å². The first-order chi connectivity index (χ1) is 9.04. The first-order valence-electron chi connectivity index (χ1n) is 6.71. The van der Waals surface area contributed by atoms with E-state index in [2.05, 4.69) is 6.07 Å². The van der Waals surface area contributed by atoms with Gasteiger partial charge >= 0.3 is 0 Å². The predicted octanol–water partition coefficient (Wildman–Crippen LogP) is 1.67. The van der Waals surface area contributed by atoms with Crippen molar-refractivity contribution in [1.29, 1.82) is 0 Å². The number of aliphatic hydroxyl groups excluding tert-OH is 1. The van der Waals surface area contributed by atoms with Gasteiger partial charge in [0, 0.05) is 13.1 Å². The van der Waals surface area contributed by atoms with Gasteiger partial charge in [-0.2, -0.15) is 0 Å². The first-order valence-corrected chi connectivity index (χ1v) is 6.71. The monoisotopic (exact) mass is 263 g/mol. The second-order valence-electron chi connectivity index (χ2n) is 5.20.